The van der Waals surface area contributed by atoms with Gasteiger partial charge in [-0.25, -0.2) is 8.42 Å². The number of hydrogen-bond donors (Lipinski definition) is 1. The first kappa shape index (κ1) is 17.2. The van der Waals surface area contributed by atoms with Gasteiger partial charge in [-0.1, -0.05) is 18.0 Å². The summed E-state index contributed by atoms with van der Waals surface area (Å²) >= 11 is 6.10. The topological polar surface area (TPSA) is 57.6 Å². The Kier molecular flexibility index (Phi) is 4.51. The summed E-state index contributed by atoms with van der Waals surface area (Å²) < 4.78 is 27.8. The summed E-state index contributed by atoms with van der Waals surface area (Å²) in [7, 11) is -3.56. The van der Waals surface area contributed by atoms with E-state index in [1.165, 1.54) is 0 Å². The number of benzene rings is 1. The number of halogens is 1. The number of aryl methyl sites for hydroxylation is 2. The summed E-state index contributed by atoms with van der Waals surface area (Å²) in [6.45, 7) is 4.55. The average Bonchev–Trinajstić information content (AvgIpc) is 2.83. The van der Waals surface area contributed by atoms with Crippen LogP contribution in [-0.4, -0.2) is 37.0 Å². The Labute approximate surface area is 143 Å². The molecule has 0 bridgehead atoms. The number of nitrogens with zero attached hydrogens (tertiary/aromatic N) is 1. The summed E-state index contributed by atoms with van der Waals surface area (Å²) in [5, 5.41) is 10.9. The van der Waals surface area contributed by atoms with E-state index in [2.05, 4.69) is 0 Å². The van der Waals surface area contributed by atoms with Crippen LogP contribution in [0, 0.1) is 19.3 Å². The molecule has 2 aliphatic rings. The van der Waals surface area contributed by atoms with Gasteiger partial charge >= 0.3 is 0 Å². The first-order valence-corrected chi connectivity index (χ1v) is 10.0. The molecule has 1 aliphatic carbocycles. The molecule has 1 heterocycles. The lowest BCUT2D eigenvalue weighted by molar-refractivity contribution is 0.0127. The molecule has 23 heavy (non-hydrogen) atoms. The number of rotatable bonds is 2. The van der Waals surface area contributed by atoms with Crippen LogP contribution in [0.5, 0.6) is 0 Å². The van der Waals surface area contributed by atoms with Crippen LogP contribution in [0.15, 0.2) is 17.0 Å². The summed E-state index contributed by atoms with van der Waals surface area (Å²) in [6, 6.07) is 3.38. The SMILES string of the molecule is Cc1cc(S(=O)(=O)N2CCC[C@@]3(CCC[C@H]3O)C2)c(C)cc1Cl. The van der Waals surface area contributed by atoms with Crippen molar-refractivity contribution in [1.82, 2.24) is 4.31 Å². The van der Waals surface area contributed by atoms with Crippen molar-refractivity contribution in [3.63, 3.8) is 0 Å². The number of piperidine rings is 1. The summed E-state index contributed by atoms with van der Waals surface area (Å²) in [5.74, 6) is 0. The quantitative estimate of drug-likeness (QED) is 0.883. The average molecular weight is 358 g/mol. The van der Waals surface area contributed by atoms with E-state index in [4.69, 9.17) is 11.6 Å². The van der Waals surface area contributed by atoms with Crippen molar-refractivity contribution in [1.29, 1.82) is 0 Å². The minimum atomic E-state index is -3.56. The second-order valence-corrected chi connectivity index (χ2v) is 9.39. The highest BCUT2D eigenvalue weighted by Crippen LogP contribution is 2.46. The molecule has 0 aromatic heterocycles. The molecule has 0 unspecified atom stereocenters. The van der Waals surface area contributed by atoms with E-state index in [9.17, 15) is 13.5 Å². The molecule has 1 saturated heterocycles. The van der Waals surface area contributed by atoms with E-state index in [1.54, 1.807) is 23.4 Å². The van der Waals surface area contributed by atoms with Gasteiger partial charge in [-0.2, -0.15) is 4.31 Å². The molecule has 0 amide bonds. The highest BCUT2D eigenvalue weighted by atomic mass is 35.5. The lowest BCUT2D eigenvalue weighted by Gasteiger charge is -2.42. The third kappa shape index (κ3) is 2.93. The Hall–Kier alpha value is -0.620. The molecule has 6 heteroatoms. The molecule has 1 aromatic rings. The number of hydrogen-bond acceptors (Lipinski definition) is 3. The van der Waals surface area contributed by atoms with Crippen LogP contribution in [0.3, 0.4) is 0 Å². The summed E-state index contributed by atoms with van der Waals surface area (Å²) in [5.41, 5.74) is 1.19. The number of aliphatic hydroxyl groups excluding tert-OH is 1. The summed E-state index contributed by atoms with van der Waals surface area (Å²) in [6.07, 6.45) is 4.02. The van der Waals surface area contributed by atoms with Crippen molar-refractivity contribution < 1.29 is 13.5 Å². The second kappa shape index (κ2) is 6.03. The van der Waals surface area contributed by atoms with Crippen LogP contribution < -0.4 is 0 Å². The van der Waals surface area contributed by atoms with E-state index in [0.29, 0.717) is 28.6 Å². The molecule has 3 rings (SSSR count). The van der Waals surface area contributed by atoms with Gasteiger partial charge in [0.25, 0.3) is 0 Å². The zero-order valence-electron chi connectivity index (χ0n) is 13.7. The normalized spacial score (nSPS) is 29.3. The lowest BCUT2D eigenvalue weighted by Crippen LogP contribution is -2.49. The number of aliphatic hydroxyl groups is 1. The molecule has 2 fully saturated rings. The largest absolute Gasteiger partial charge is 0.392 e. The smallest absolute Gasteiger partial charge is 0.243 e. The molecule has 0 radical (unpaired) electrons. The maximum Gasteiger partial charge on any atom is 0.243 e. The maximum atomic E-state index is 13.1. The Morgan fingerprint density at radius 1 is 1.22 bits per heavy atom. The first-order chi connectivity index (χ1) is 10.8. The van der Waals surface area contributed by atoms with Gasteiger partial charge in [0.15, 0.2) is 0 Å². The molecule has 4 nitrogen and oxygen atoms in total. The Morgan fingerprint density at radius 2 is 1.91 bits per heavy atom. The molecule has 1 aromatic carbocycles. The number of sulfonamides is 1. The van der Waals surface area contributed by atoms with Crippen molar-refractivity contribution in [2.45, 2.75) is 57.0 Å². The van der Waals surface area contributed by atoms with Gasteiger partial charge in [-0.05, 0) is 62.8 Å². The van der Waals surface area contributed by atoms with Crippen LogP contribution in [0.25, 0.3) is 0 Å². The van der Waals surface area contributed by atoms with Crippen molar-refractivity contribution in [3.8, 4) is 0 Å². The molecule has 1 N–H and O–H groups in total. The summed E-state index contributed by atoms with van der Waals surface area (Å²) in [4.78, 5) is 0.337. The second-order valence-electron chi connectivity index (χ2n) is 7.08. The highest BCUT2D eigenvalue weighted by molar-refractivity contribution is 7.89. The minimum absolute atomic E-state index is 0.249. The zero-order chi connectivity index (χ0) is 16.8. The molecular weight excluding hydrogens is 334 g/mol. The maximum absolute atomic E-state index is 13.1. The van der Waals surface area contributed by atoms with E-state index < -0.39 is 10.0 Å². The molecule has 1 saturated carbocycles. The Balaban J connectivity index is 1.95. The van der Waals surface area contributed by atoms with Gasteiger partial charge in [0.2, 0.25) is 10.0 Å². The molecule has 2 atom stereocenters. The van der Waals surface area contributed by atoms with E-state index in [-0.39, 0.29) is 11.5 Å². The van der Waals surface area contributed by atoms with Gasteiger partial charge in [-0.3, -0.25) is 0 Å². The molecule has 128 valence electrons. The van der Waals surface area contributed by atoms with Gasteiger partial charge in [0.05, 0.1) is 11.0 Å². The first-order valence-electron chi connectivity index (χ1n) is 8.21. The van der Waals surface area contributed by atoms with Gasteiger partial charge in [-0.15, -0.1) is 0 Å². The van der Waals surface area contributed by atoms with Crippen LogP contribution in [0.4, 0.5) is 0 Å². The molecule has 1 aliphatic heterocycles. The van der Waals surface area contributed by atoms with Gasteiger partial charge < -0.3 is 5.11 Å². The van der Waals surface area contributed by atoms with E-state index in [0.717, 1.165) is 37.7 Å². The standard InChI is InChI=1S/C17H24ClNO3S/c1-12-10-15(13(2)9-14(12)18)23(21,22)19-8-4-7-17(11-19)6-3-5-16(17)20/h9-10,16,20H,3-8,11H2,1-2H3/t16-,17+/m1/s1. The van der Waals surface area contributed by atoms with Crippen LogP contribution in [-0.2, 0) is 10.0 Å². The van der Waals surface area contributed by atoms with Gasteiger partial charge in [0, 0.05) is 23.5 Å². The van der Waals surface area contributed by atoms with Crippen molar-refractivity contribution >= 4 is 21.6 Å². The fourth-order valence-corrected chi connectivity index (χ4v) is 6.17. The van der Waals surface area contributed by atoms with Crippen LogP contribution >= 0.6 is 11.6 Å². The van der Waals surface area contributed by atoms with Gasteiger partial charge in [0.1, 0.15) is 0 Å². The zero-order valence-corrected chi connectivity index (χ0v) is 15.3. The van der Waals surface area contributed by atoms with Crippen molar-refractivity contribution in [2.75, 3.05) is 13.1 Å². The van der Waals surface area contributed by atoms with E-state index in [1.807, 2.05) is 6.92 Å². The van der Waals surface area contributed by atoms with Crippen LogP contribution in [0.2, 0.25) is 5.02 Å². The Bertz CT molecular complexity index is 719. The third-order valence-electron chi connectivity index (χ3n) is 5.51. The Morgan fingerprint density at radius 3 is 2.57 bits per heavy atom. The van der Waals surface area contributed by atoms with Crippen LogP contribution in [0.1, 0.15) is 43.2 Å². The molecular formula is C17H24ClNO3S. The molecule has 1 spiro atoms. The van der Waals surface area contributed by atoms with Crippen molar-refractivity contribution in [2.24, 2.45) is 5.41 Å². The monoisotopic (exact) mass is 357 g/mol. The highest BCUT2D eigenvalue weighted by Gasteiger charge is 2.47. The lowest BCUT2D eigenvalue weighted by atomic mass is 9.77. The minimum Gasteiger partial charge on any atom is -0.392 e. The predicted octanol–water partition coefficient (Wildman–Crippen LogP) is 3.27. The fourth-order valence-electron chi connectivity index (χ4n) is 4.09. The predicted molar refractivity (Wildman–Crippen MR) is 91.2 cm³/mol. The van der Waals surface area contributed by atoms with Crippen molar-refractivity contribution in [3.05, 3.63) is 28.3 Å². The third-order valence-corrected chi connectivity index (χ3v) is 7.90. The van der Waals surface area contributed by atoms with E-state index >= 15 is 0 Å². The fraction of sp³-hybridized carbons (Fsp3) is 0.647.